The molecule has 0 aliphatic carbocycles. The summed E-state index contributed by atoms with van der Waals surface area (Å²) in [7, 11) is -2.84. The van der Waals surface area contributed by atoms with Gasteiger partial charge in [-0.2, -0.15) is 0 Å². The zero-order valence-corrected chi connectivity index (χ0v) is 15.6. The normalized spacial score (nSPS) is 12.4. The van der Waals surface area contributed by atoms with E-state index in [9.17, 15) is 4.57 Å². The van der Waals surface area contributed by atoms with Crippen LogP contribution in [0.3, 0.4) is 0 Å². The Morgan fingerprint density at radius 3 is 1.53 bits per heavy atom. The van der Waals surface area contributed by atoms with Gasteiger partial charge in [-0.1, -0.05) is 108 Å². The molecule has 0 aromatic heterocycles. The molecule has 0 saturated carbocycles. The summed E-state index contributed by atoms with van der Waals surface area (Å²) in [5.41, 5.74) is 0. The van der Waals surface area contributed by atoms with E-state index in [-0.39, 0.29) is 0 Å². The van der Waals surface area contributed by atoms with Crippen LogP contribution in [0.5, 0.6) is 0 Å². The van der Waals surface area contributed by atoms with Crippen molar-refractivity contribution < 1.29 is 4.57 Å². The topological polar surface area (TPSA) is 17.1 Å². The molecule has 0 spiro atoms. The molecule has 2 rings (SSSR count). The van der Waals surface area contributed by atoms with Crippen molar-refractivity contribution in [2.75, 3.05) is 5.33 Å². The van der Waals surface area contributed by atoms with Crippen LogP contribution in [0.2, 0.25) is 0 Å². The molecule has 5 heteroatoms. The number of benzene rings is 2. The molecule has 0 fully saturated rings. The smallest absolute Gasteiger partial charge is 0.170 e. The Labute approximate surface area is 138 Å². The van der Waals surface area contributed by atoms with Crippen LogP contribution >= 0.6 is 54.9 Å². The van der Waals surface area contributed by atoms with Gasteiger partial charge in [0.25, 0.3) is 0 Å². The van der Waals surface area contributed by atoms with Gasteiger partial charge in [-0.3, -0.25) is 0 Å². The van der Waals surface area contributed by atoms with Crippen molar-refractivity contribution in [3.63, 3.8) is 0 Å². The second-order valence-electron chi connectivity index (χ2n) is 4.08. The molecule has 0 saturated heterocycles. The molecule has 0 amide bonds. The summed E-state index contributed by atoms with van der Waals surface area (Å²) >= 11 is 10.6. The predicted octanol–water partition coefficient (Wildman–Crippen LogP) is 4.84. The maximum Gasteiger partial charge on any atom is 0.170 e. The van der Waals surface area contributed by atoms with Gasteiger partial charge in [-0.25, -0.2) is 0 Å². The second-order valence-corrected chi connectivity index (χ2v) is 12.7. The van der Waals surface area contributed by atoms with Crippen molar-refractivity contribution in [1.82, 2.24) is 0 Å². The molecule has 2 aromatic carbocycles. The lowest BCUT2D eigenvalue weighted by Crippen LogP contribution is -2.29. The lowest BCUT2D eigenvalue weighted by molar-refractivity contribution is 0.586. The predicted molar refractivity (Wildman–Crippen MR) is 94.1 cm³/mol. The van der Waals surface area contributed by atoms with E-state index in [2.05, 4.69) is 47.8 Å². The van der Waals surface area contributed by atoms with Crippen LogP contribution in [0.15, 0.2) is 60.7 Å². The van der Waals surface area contributed by atoms with E-state index in [1.165, 1.54) is 0 Å². The van der Waals surface area contributed by atoms with E-state index in [0.29, 0.717) is 5.33 Å². The van der Waals surface area contributed by atoms with E-state index in [4.69, 9.17) is 0 Å². The van der Waals surface area contributed by atoms with Gasteiger partial charge < -0.3 is 4.57 Å². The first-order chi connectivity index (χ1) is 9.02. The largest absolute Gasteiger partial charge is 0.311 e. The Morgan fingerprint density at radius 2 is 1.21 bits per heavy atom. The minimum atomic E-state index is -2.84. The Morgan fingerprint density at radius 1 is 0.842 bits per heavy atom. The third-order valence-corrected chi connectivity index (χ3v) is 12.3. The Bertz CT molecular complexity index is 541. The minimum absolute atomic E-state index is 0.529. The molecule has 0 atom stereocenters. The second kappa shape index (κ2) is 6.26. The number of halogens is 3. The molecule has 0 radical (unpaired) electrons. The van der Waals surface area contributed by atoms with Gasteiger partial charge in [0.15, 0.2) is 10.1 Å². The molecule has 0 bridgehead atoms. The number of hydrogen-bond donors (Lipinski definition) is 0. The lowest BCUT2D eigenvalue weighted by atomic mass is 10.4. The molecule has 19 heavy (non-hydrogen) atoms. The van der Waals surface area contributed by atoms with E-state index in [1.54, 1.807) is 0 Å². The molecular weight excluding hydrogens is 455 g/mol. The van der Waals surface area contributed by atoms with Crippen LogP contribution in [-0.2, 0) is 4.57 Å². The van der Waals surface area contributed by atoms with Gasteiger partial charge in [-0.05, 0) is 0 Å². The van der Waals surface area contributed by atoms with E-state index >= 15 is 0 Å². The van der Waals surface area contributed by atoms with Crippen LogP contribution < -0.4 is 10.6 Å². The molecule has 2 aromatic rings. The van der Waals surface area contributed by atoms with Gasteiger partial charge in [0, 0.05) is 15.9 Å². The molecule has 1 nitrogen and oxygen atoms in total. The first-order valence-corrected chi connectivity index (χ1v) is 10.1. The number of hydrogen-bond acceptors (Lipinski definition) is 1. The summed E-state index contributed by atoms with van der Waals surface area (Å²) in [6.45, 7) is 0. The highest BCUT2D eigenvalue weighted by molar-refractivity contribution is 9.28. The first-order valence-electron chi connectivity index (χ1n) is 5.67. The highest BCUT2D eigenvalue weighted by Gasteiger charge is 2.46. The molecular formula is C14H12Br3OP. The van der Waals surface area contributed by atoms with Crippen LogP contribution in [-0.4, -0.2) is 8.30 Å². The standard InChI is InChI=1S/C14H12Br3OP/c15-11-14(16,17)19(18,12-7-3-1-4-8-12)13-9-5-2-6-10-13/h1-10H,11H2. The van der Waals surface area contributed by atoms with Crippen molar-refractivity contribution in [2.45, 2.75) is 2.97 Å². The maximum atomic E-state index is 13.7. The Balaban J connectivity index is 2.69. The highest BCUT2D eigenvalue weighted by atomic mass is 79.9. The zero-order chi connectivity index (χ0) is 13.9. The third kappa shape index (κ3) is 2.92. The van der Waals surface area contributed by atoms with Gasteiger partial charge >= 0.3 is 0 Å². The molecule has 100 valence electrons. The van der Waals surface area contributed by atoms with E-state index in [0.717, 1.165) is 10.6 Å². The summed E-state index contributed by atoms with van der Waals surface area (Å²) in [6, 6.07) is 19.1. The highest BCUT2D eigenvalue weighted by Crippen LogP contribution is 2.63. The van der Waals surface area contributed by atoms with Gasteiger partial charge in [0.2, 0.25) is 0 Å². The number of rotatable bonds is 4. The average molecular weight is 467 g/mol. The fraction of sp³-hybridized carbons (Fsp3) is 0.143. The molecule has 0 aliphatic heterocycles. The zero-order valence-electron chi connectivity index (χ0n) is 9.97. The fourth-order valence-corrected chi connectivity index (χ4v) is 7.81. The van der Waals surface area contributed by atoms with Crippen LogP contribution in [0.1, 0.15) is 0 Å². The van der Waals surface area contributed by atoms with Gasteiger partial charge in [-0.15, -0.1) is 0 Å². The fourth-order valence-electron chi connectivity index (χ4n) is 1.89. The summed E-state index contributed by atoms with van der Waals surface area (Å²) in [6.07, 6.45) is 0. The number of alkyl halides is 3. The SMILES string of the molecule is O=P(c1ccccc1)(c1ccccc1)C(Br)(Br)CBr. The Hall–Kier alpha value is 0.110. The first kappa shape index (κ1) is 15.5. The van der Waals surface area contributed by atoms with E-state index < -0.39 is 10.1 Å². The van der Waals surface area contributed by atoms with Crippen molar-refractivity contribution in [1.29, 1.82) is 0 Å². The molecule has 0 heterocycles. The maximum absolute atomic E-state index is 13.7. The summed E-state index contributed by atoms with van der Waals surface area (Å²) in [5.74, 6) is 0. The van der Waals surface area contributed by atoms with Crippen LogP contribution in [0.25, 0.3) is 0 Å². The van der Waals surface area contributed by atoms with Crippen molar-refractivity contribution >= 4 is 65.5 Å². The van der Waals surface area contributed by atoms with Crippen molar-refractivity contribution in [3.05, 3.63) is 60.7 Å². The summed E-state index contributed by atoms with van der Waals surface area (Å²) < 4.78 is 13.0. The lowest BCUT2D eigenvalue weighted by Gasteiger charge is -2.30. The molecule has 0 unspecified atom stereocenters. The molecule has 0 N–H and O–H groups in total. The Kier molecular flexibility index (Phi) is 5.10. The molecule has 0 aliphatic rings. The van der Waals surface area contributed by atoms with Gasteiger partial charge in [0.05, 0.1) is 0 Å². The minimum Gasteiger partial charge on any atom is -0.311 e. The average Bonchev–Trinajstić information content (AvgIpc) is 2.48. The quantitative estimate of drug-likeness (QED) is 0.465. The third-order valence-electron chi connectivity index (χ3n) is 2.86. The monoisotopic (exact) mass is 464 g/mol. The van der Waals surface area contributed by atoms with Crippen molar-refractivity contribution in [3.8, 4) is 0 Å². The summed E-state index contributed by atoms with van der Waals surface area (Å²) in [4.78, 5) is 0. The van der Waals surface area contributed by atoms with E-state index in [1.807, 2.05) is 60.7 Å². The van der Waals surface area contributed by atoms with Crippen molar-refractivity contribution in [2.24, 2.45) is 0 Å². The van der Waals surface area contributed by atoms with Crippen LogP contribution in [0.4, 0.5) is 0 Å². The summed E-state index contributed by atoms with van der Waals surface area (Å²) in [5, 5.41) is 2.19. The van der Waals surface area contributed by atoms with Crippen LogP contribution in [0, 0.1) is 0 Å². The van der Waals surface area contributed by atoms with Gasteiger partial charge in [0.1, 0.15) is 0 Å².